The number of hydrogen-bond acceptors (Lipinski definition) is 7. The van der Waals surface area contributed by atoms with Gasteiger partial charge < -0.3 is 32.4 Å². The molecule has 3 heterocycles. The third-order valence-electron chi connectivity index (χ3n) is 5.57. The van der Waals surface area contributed by atoms with Gasteiger partial charge in [-0.3, -0.25) is 0 Å². The number of aromatic nitrogens is 3. The first-order chi connectivity index (χ1) is 16.7. The van der Waals surface area contributed by atoms with Gasteiger partial charge in [0.2, 0.25) is 0 Å². The lowest BCUT2D eigenvalue weighted by Gasteiger charge is -2.42. The van der Waals surface area contributed by atoms with Crippen molar-refractivity contribution in [2.24, 2.45) is 5.73 Å². The van der Waals surface area contributed by atoms with Gasteiger partial charge in [0.15, 0.2) is 5.65 Å². The summed E-state index contributed by atoms with van der Waals surface area (Å²) in [6.45, 7) is 0.513. The molecule has 7 N–H and O–H groups in total. The summed E-state index contributed by atoms with van der Waals surface area (Å²) >= 11 is 0. The van der Waals surface area contributed by atoms with Crippen molar-refractivity contribution in [1.29, 1.82) is 5.41 Å². The highest BCUT2D eigenvalue weighted by molar-refractivity contribution is 6.08. The van der Waals surface area contributed by atoms with Crippen molar-refractivity contribution in [3.8, 4) is 11.3 Å². The quantitative estimate of drug-likeness (QED) is 0.268. The van der Waals surface area contributed by atoms with Crippen LogP contribution in [0.15, 0.2) is 48.9 Å². The van der Waals surface area contributed by atoms with Crippen LogP contribution in [0.2, 0.25) is 0 Å². The number of imidazole rings is 1. The molecule has 2 amide bonds. The number of fused-ring (bicyclic) bond motifs is 1. The molecule has 0 unspecified atom stereocenters. The lowest BCUT2D eigenvalue weighted by molar-refractivity contribution is -0.122. The van der Waals surface area contributed by atoms with E-state index in [-0.39, 0.29) is 5.54 Å². The van der Waals surface area contributed by atoms with Gasteiger partial charge in [-0.25, -0.2) is 14.3 Å². The Kier molecular flexibility index (Phi) is 6.71. The first-order valence-electron chi connectivity index (χ1n) is 10.7. The SMILES string of the molecule is N=C/C(=C\NC1(CN)CNC1)c1cnn2c(-c3cccc(NC(=O)NCC(F)(F)F)c3)cnc2c1. The van der Waals surface area contributed by atoms with Crippen LogP contribution in [0.3, 0.4) is 0 Å². The predicted octanol–water partition coefficient (Wildman–Crippen LogP) is 1.96. The van der Waals surface area contributed by atoms with Crippen molar-refractivity contribution in [2.45, 2.75) is 11.7 Å². The molecule has 184 valence electrons. The van der Waals surface area contributed by atoms with Gasteiger partial charge in [0.1, 0.15) is 6.54 Å². The van der Waals surface area contributed by atoms with Crippen LogP contribution in [-0.4, -0.2) is 64.7 Å². The number of nitrogens with zero attached hydrogens (tertiary/aromatic N) is 3. The maximum Gasteiger partial charge on any atom is 0.405 e. The fourth-order valence-electron chi connectivity index (χ4n) is 3.51. The minimum absolute atomic E-state index is 0.227. The number of carbonyl (C=O) groups is 1. The van der Waals surface area contributed by atoms with Crippen LogP contribution < -0.4 is 27.0 Å². The molecular formula is C22H24F3N9O. The van der Waals surface area contributed by atoms with Crippen molar-refractivity contribution >= 4 is 29.2 Å². The van der Waals surface area contributed by atoms with Gasteiger partial charge in [-0.05, 0) is 18.2 Å². The number of amides is 2. The molecule has 0 radical (unpaired) electrons. The Morgan fingerprint density at radius 2 is 2.09 bits per heavy atom. The summed E-state index contributed by atoms with van der Waals surface area (Å²) in [6.07, 6.45) is 1.68. The van der Waals surface area contributed by atoms with E-state index in [0.29, 0.717) is 40.3 Å². The number of carbonyl (C=O) groups excluding carboxylic acids is 1. The smallest absolute Gasteiger partial charge is 0.381 e. The van der Waals surface area contributed by atoms with Gasteiger partial charge in [-0.15, -0.1) is 0 Å². The number of alkyl halides is 3. The van der Waals surface area contributed by atoms with Crippen molar-refractivity contribution in [1.82, 2.24) is 30.5 Å². The minimum atomic E-state index is -4.50. The molecule has 0 saturated carbocycles. The van der Waals surface area contributed by atoms with Gasteiger partial charge in [0.05, 0.1) is 23.6 Å². The number of anilines is 1. The van der Waals surface area contributed by atoms with Crippen LogP contribution in [0.4, 0.5) is 23.7 Å². The van der Waals surface area contributed by atoms with Crippen LogP contribution in [0.25, 0.3) is 22.5 Å². The molecule has 10 nitrogen and oxygen atoms in total. The summed E-state index contributed by atoms with van der Waals surface area (Å²) in [5.41, 5.74) is 9.04. The minimum Gasteiger partial charge on any atom is -0.381 e. The van der Waals surface area contributed by atoms with Gasteiger partial charge in [0, 0.05) is 54.4 Å². The molecule has 3 aromatic rings. The lowest BCUT2D eigenvalue weighted by atomic mass is 9.92. The molecule has 4 rings (SSSR count). The van der Waals surface area contributed by atoms with Crippen molar-refractivity contribution < 1.29 is 18.0 Å². The normalized spacial score (nSPS) is 15.4. The van der Waals surface area contributed by atoms with Crippen molar-refractivity contribution in [3.63, 3.8) is 0 Å². The van der Waals surface area contributed by atoms with Crippen molar-refractivity contribution in [3.05, 3.63) is 54.5 Å². The zero-order valence-corrected chi connectivity index (χ0v) is 18.5. The molecule has 0 atom stereocenters. The van der Waals surface area contributed by atoms with Gasteiger partial charge in [-0.2, -0.15) is 18.3 Å². The second-order valence-corrected chi connectivity index (χ2v) is 8.14. The predicted molar refractivity (Wildman–Crippen MR) is 126 cm³/mol. The molecule has 35 heavy (non-hydrogen) atoms. The number of nitrogens with one attached hydrogen (secondary N) is 5. The summed E-state index contributed by atoms with van der Waals surface area (Å²) in [5, 5.41) is 22.9. The molecule has 1 saturated heterocycles. The van der Waals surface area contributed by atoms with E-state index in [0.717, 1.165) is 13.1 Å². The first-order valence-corrected chi connectivity index (χ1v) is 10.7. The third-order valence-corrected chi connectivity index (χ3v) is 5.57. The Labute approximate surface area is 198 Å². The van der Waals surface area contributed by atoms with Crippen molar-refractivity contribution in [2.75, 3.05) is 31.5 Å². The second kappa shape index (κ2) is 9.72. The highest BCUT2D eigenvalue weighted by Crippen LogP contribution is 2.24. The topological polar surface area (TPSA) is 145 Å². The number of halogens is 3. The zero-order valence-electron chi connectivity index (χ0n) is 18.5. The summed E-state index contributed by atoms with van der Waals surface area (Å²) in [6, 6.07) is 7.42. The van der Waals surface area contributed by atoms with Crippen LogP contribution in [-0.2, 0) is 0 Å². The van der Waals surface area contributed by atoms with E-state index >= 15 is 0 Å². The average molecular weight is 487 g/mol. The zero-order chi connectivity index (χ0) is 25.1. The van der Waals surface area contributed by atoms with Gasteiger partial charge in [-0.1, -0.05) is 12.1 Å². The highest BCUT2D eigenvalue weighted by Gasteiger charge is 2.34. The lowest BCUT2D eigenvalue weighted by Crippen LogP contribution is -2.70. The monoisotopic (exact) mass is 487 g/mol. The van der Waals surface area contributed by atoms with Gasteiger partial charge in [0.25, 0.3) is 0 Å². The molecule has 13 heteroatoms. The van der Waals surface area contributed by atoms with Crippen LogP contribution in [0, 0.1) is 5.41 Å². The fourth-order valence-corrected chi connectivity index (χ4v) is 3.51. The van der Waals surface area contributed by atoms with Crippen LogP contribution in [0.1, 0.15) is 5.56 Å². The van der Waals surface area contributed by atoms with E-state index in [2.05, 4.69) is 26.0 Å². The van der Waals surface area contributed by atoms with E-state index in [1.807, 2.05) is 0 Å². The third kappa shape index (κ3) is 5.58. The van der Waals surface area contributed by atoms with E-state index in [4.69, 9.17) is 11.1 Å². The number of urea groups is 1. The Bertz CT molecular complexity index is 1260. The second-order valence-electron chi connectivity index (χ2n) is 8.14. The highest BCUT2D eigenvalue weighted by atomic mass is 19.4. The molecule has 0 aliphatic carbocycles. The molecular weight excluding hydrogens is 463 g/mol. The fraction of sp³-hybridized carbons (Fsp3) is 0.273. The summed E-state index contributed by atoms with van der Waals surface area (Å²) in [5.74, 6) is 0. The van der Waals surface area contributed by atoms with E-state index in [1.54, 1.807) is 58.8 Å². The van der Waals surface area contributed by atoms with E-state index in [1.165, 1.54) is 6.21 Å². The molecule has 0 spiro atoms. The Hall–Kier alpha value is -3.97. The van der Waals surface area contributed by atoms with Crippen LogP contribution in [0.5, 0.6) is 0 Å². The first kappa shape index (κ1) is 24.2. The summed E-state index contributed by atoms with van der Waals surface area (Å²) in [7, 11) is 0. The molecule has 0 bridgehead atoms. The summed E-state index contributed by atoms with van der Waals surface area (Å²) in [4.78, 5) is 16.2. The maximum atomic E-state index is 12.3. The van der Waals surface area contributed by atoms with Crippen LogP contribution >= 0.6 is 0 Å². The average Bonchev–Trinajstić information content (AvgIpc) is 3.23. The maximum absolute atomic E-state index is 12.3. The Balaban J connectivity index is 1.53. The van der Waals surface area contributed by atoms with Gasteiger partial charge >= 0.3 is 12.2 Å². The molecule has 1 aliphatic heterocycles. The number of benzene rings is 1. The number of allylic oxidation sites excluding steroid dienone is 1. The molecule has 2 aromatic heterocycles. The summed E-state index contributed by atoms with van der Waals surface area (Å²) < 4.78 is 38.5. The Morgan fingerprint density at radius 1 is 1.29 bits per heavy atom. The molecule has 1 aromatic carbocycles. The molecule has 1 aliphatic rings. The number of rotatable bonds is 8. The Morgan fingerprint density at radius 3 is 2.74 bits per heavy atom. The number of nitrogens with two attached hydrogens (primary N) is 1. The van der Waals surface area contributed by atoms with E-state index < -0.39 is 18.8 Å². The number of hydrogen-bond donors (Lipinski definition) is 6. The molecule has 1 fully saturated rings. The van der Waals surface area contributed by atoms with E-state index in [9.17, 15) is 18.0 Å². The standard InChI is InChI=1S/C22H24F3N9O/c23-22(24,25)13-30-20(35)33-17-3-1-2-14(4-17)18-9-29-19-5-15(8-32-34(18)19)16(6-26)7-31-21(10-27)11-28-12-21/h1-9,26,28,31H,10-13,27H2,(H2,30,33,35)/b16-7+,26-6?. The largest absolute Gasteiger partial charge is 0.405 e.